The minimum atomic E-state index is -4.70. The van der Waals surface area contributed by atoms with Crippen molar-refractivity contribution >= 4 is 50.0 Å². The van der Waals surface area contributed by atoms with E-state index < -0.39 is 28.8 Å². The molecule has 0 radical (unpaired) electrons. The first-order valence-corrected chi connectivity index (χ1v) is 13.7. The van der Waals surface area contributed by atoms with Crippen molar-refractivity contribution in [2.24, 2.45) is 0 Å². The van der Waals surface area contributed by atoms with E-state index in [-0.39, 0.29) is 35.4 Å². The van der Waals surface area contributed by atoms with E-state index in [9.17, 15) is 33.1 Å². The van der Waals surface area contributed by atoms with Crippen molar-refractivity contribution < 1.29 is 27.8 Å². The molecule has 0 unspecified atom stereocenters. The summed E-state index contributed by atoms with van der Waals surface area (Å²) < 4.78 is 47.9. The number of benzene rings is 2. The molecule has 13 heteroatoms. The number of fused-ring (bicyclic) bond motifs is 2. The SMILES string of the molecule is CCc1sc2c(-c3cc(Cl)ccc3OCCn3c(C)nc4cc(C(F)(F)F)cc(C#N)c4c3=O)ccnc2c1C(=O)O. The number of nitrogens with zero attached hydrogens (tertiary/aromatic N) is 4. The smallest absolute Gasteiger partial charge is 0.416 e. The second-order valence-electron chi connectivity index (χ2n) is 9.23. The average Bonchev–Trinajstić information content (AvgIpc) is 3.33. The van der Waals surface area contributed by atoms with Crippen LogP contribution in [0.3, 0.4) is 0 Å². The number of aromatic nitrogens is 3. The molecule has 214 valence electrons. The second kappa shape index (κ2) is 11.1. The van der Waals surface area contributed by atoms with Gasteiger partial charge in [-0.15, -0.1) is 11.3 Å². The van der Waals surface area contributed by atoms with Gasteiger partial charge in [0.05, 0.1) is 44.4 Å². The van der Waals surface area contributed by atoms with E-state index in [0.717, 1.165) is 6.07 Å². The quantitative estimate of drug-likeness (QED) is 0.213. The summed E-state index contributed by atoms with van der Waals surface area (Å²) in [6.45, 7) is 3.29. The molecule has 5 aromatic rings. The van der Waals surface area contributed by atoms with Crippen molar-refractivity contribution in [3.8, 4) is 22.9 Å². The third-order valence-corrected chi connectivity index (χ3v) is 8.27. The molecule has 0 saturated heterocycles. The van der Waals surface area contributed by atoms with E-state index in [1.165, 1.54) is 29.0 Å². The highest BCUT2D eigenvalue weighted by molar-refractivity contribution is 7.20. The van der Waals surface area contributed by atoms with Crippen LogP contribution in [0.2, 0.25) is 5.02 Å². The number of aromatic carboxylic acids is 1. The monoisotopic (exact) mass is 612 g/mol. The Morgan fingerprint density at radius 2 is 1.98 bits per heavy atom. The Balaban J connectivity index is 1.51. The first-order valence-electron chi connectivity index (χ1n) is 12.5. The van der Waals surface area contributed by atoms with Gasteiger partial charge >= 0.3 is 12.1 Å². The van der Waals surface area contributed by atoms with E-state index in [2.05, 4.69) is 9.97 Å². The van der Waals surface area contributed by atoms with Crippen LogP contribution in [0.1, 0.15) is 39.1 Å². The third-order valence-electron chi connectivity index (χ3n) is 6.68. The predicted octanol–water partition coefficient (Wildman–Crippen LogP) is 6.87. The van der Waals surface area contributed by atoms with Gasteiger partial charge in [0.25, 0.3) is 5.56 Å². The zero-order valence-corrected chi connectivity index (χ0v) is 23.6. The molecule has 0 saturated carbocycles. The molecule has 8 nitrogen and oxygen atoms in total. The Morgan fingerprint density at radius 3 is 2.64 bits per heavy atom. The number of hydrogen-bond acceptors (Lipinski definition) is 7. The van der Waals surface area contributed by atoms with E-state index in [1.807, 2.05) is 6.92 Å². The molecule has 0 aliphatic rings. The summed E-state index contributed by atoms with van der Waals surface area (Å²) in [6.07, 6.45) is -2.67. The van der Waals surface area contributed by atoms with Gasteiger partial charge in [-0.25, -0.2) is 9.78 Å². The number of carboxylic acid groups (broad SMARTS) is 1. The Hall–Kier alpha value is -4.47. The summed E-state index contributed by atoms with van der Waals surface area (Å²) in [5, 5.41) is 19.5. The topological polar surface area (TPSA) is 118 Å². The van der Waals surface area contributed by atoms with Crippen LogP contribution in [-0.4, -0.2) is 32.2 Å². The molecule has 42 heavy (non-hydrogen) atoms. The fourth-order valence-electron chi connectivity index (χ4n) is 4.77. The molecule has 0 atom stereocenters. The van der Waals surface area contributed by atoms with Gasteiger partial charge in [-0.2, -0.15) is 18.4 Å². The molecule has 3 aromatic heterocycles. The summed E-state index contributed by atoms with van der Waals surface area (Å²) in [5.74, 6) is -0.509. The molecule has 0 fully saturated rings. The van der Waals surface area contributed by atoms with Crippen LogP contribution in [0.5, 0.6) is 5.75 Å². The van der Waals surface area contributed by atoms with Crippen molar-refractivity contribution in [1.82, 2.24) is 14.5 Å². The highest BCUT2D eigenvalue weighted by Gasteiger charge is 2.32. The lowest BCUT2D eigenvalue weighted by atomic mass is 10.0. The Bertz CT molecular complexity index is 2000. The number of aryl methyl sites for hydroxylation is 2. The van der Waals surface area contributed by atoms with Gasteiger partial charge in [-0.05, 0) is 49.7 Å². The van der Waals surface area contributed by atoms with Crippen molar-refractivity contribution in [2.75, 3.05) is 6.61 Å². The molecule has 1 N–H and O–H groups in total. The Kier molecular flexibility index (Phi) is 7.66. The first kappa shape index (κ1) is 29.0. The average molecular weight is 613 g/mol. The number of pyridine rings is 1. The third kappa shape index (κ3) is 5.17. The maximum Gasteiger partial charge on any atom is 0.416 e. The zero-order chi connectivity index (χ0) is 30.3. The molecule has 0 aliphatic heterocycles. The van der Waals surface area contributed by atoms with Gasteiger partial charge < -0.3 is 9.84 Å². The fraction of sp³-hybridized carbons (Fsp3) is 0.207. The Morgan fingerprint density at radius 1 is 1.21 bits per heavy atom. The number of carboxylic acids is 1. The van der Waals surface area contributed by atoms with Crippen LogP contribution >= 0.6 is 22.9 Å². The summed E-state index contributed by atoms with van der Waals surface area (Å²) in [5.41, 5.74) is -0.590. The molecule has 0 aliphatic carbocycles. The lowest BCUT2D eigenvalue weighted by Crippen LogP contribution is -2.27. The standard InChI is InChI=1S/C29H20ClF3N4O4S/c1-3-22-24(28(39)40)25-26(42-22)18(6-7-35-25)19-12-17(30)4-5-21(19)41-9-8-37-14(2)36-20-11-16(29(31,32)33)10-15(13-34)23(20)27(37)38/h4-7,10-12H,3,8-9H2,1-2H3,(H,39,40). The summed E-state index contributed by atoms with van der Waals surface area (Å²) in [7, 11) is 0. The van der Waals surface area contributed by atoms with E-state index >= 15 is 0 Å². The Labute approximate surface area is 245 Å². The predicted molar refractivity (Wildman–Crippen MR) is 152 cm³/mol. The van der Waals surface area contributed by atoms with Crippen LogP contribution in [0.4, 0.5) is 13.2 Å². The minimum Gasteiger partial charge on any atom is -0.491 e. The van der Waals surface area contributed by atoms with Crippen LogP contribution in [0.15, 0.2) is 47.4 Å². The maximum absolute atomic E-state index is 13.3. The van der Waals surface area contributed by atoms with E-state index in [0.29, 0.717) is 49.5 Å². The largest absolute Gasteiger partial charge is 0.491 e. The summed E-state index contributed by atoms with van der Waals surface area (Å²) in [6, 6.07) is 9.77. The zero-order valence-electron chi connectivity index (χ0n) is 22.0. The number of alkyl halides is 3. The van der Waals surface area contributed by atoms with Gasteiger partial charge in [-0.1, -0.05) is 18.5 Å². The minimum absolute atomic E-state index is 0.0184. The van der Waals surface area contributed by atoms with E-state index in [1.54, 1.807) is 30.3 Å². The number of thiophene rings is 1. The van der Waals surface area contributed by atoms with Crippen LogP contribution in [0.25, 0.3) is 32.2 Å². The van der Waals surface area contributed by atoms with Gasteiger partial charge in [0, 0.05) is 27.2 Å². The van der Waals surface area contributed by atoms with Gasteiger partial charge in [-0.3, -0.25) is 14.3 Å². The molecule has 3 heterocycles. The maximum atomic E-state index is 13.3. The number of rotatable bonds is 7. The van der Waals surface area contributed by atoms with Crippen LogP contribution < -0.4 is 10.3 Å². The van der Waals surface area contributed by atoms with Gasteiger partial charge in [0.15, 0.2) is 0 Å². The van der Waals surface area contributed by atoms with Crippen molar-refractivity contribution in [3.63, 3.8) is 0 Å². The normalized spacial score (nSPS) is 11.6. The van der Waals surface area contributed by atoms with Crippen LogP contribution in [-0.2, 0) is 19.1 Å². The van der Waals surface area contributed by atoms with Gasteiger partial charge in [0.1, 0.15) is 24.3 Å². The number of carbonyl (C=O) groups is 1. The van der Waals surface area contributed by atoms with Gasteiger partial charge in [0.2, 0.25) is 0 Å². The van der Waals surface area contributed by atoms with Crippen molar-refractivity contribution in [2.45, 2.75) is 33.0 Å². The summed E-state index contributed by atoms with van der Waals surface area (Å²) >= 11 is 7.64. The van der Waals surface area contributed by atoms with Crippen LogP contribution in [0, 0.1) is 18.3 Å². The molecular weight excluding hydrogens is 593 g/mol. The number of ether oxygens (including phenoxy) is 1. The molecule has 5 rings (SSSR count). The second-order valence-corrected chi connectivity index (χ2v) is 10.8. The summed E-state index contributed by atoms with van der Waals surface area (Å²) in [4.78, 5) is 34.4. The highest BCUT2D eigenvalue weighted by atomic mass is 35.5. The number of hydrogen-bond donors (Lipinski definition) is 1. The molecule has 0 amide bonds. The number of nitriles is 1. The number of halogens is 4. The lowest BCUT2D eigenvalue weighted by molar-refractivity contribution is -0.137. The van der Waals surface area contributed by atoms with Crippen molar-refractivity contribution in [1.29, 1.82) is 5.26 Å². The molecule has 2 aromatic carbocycles. The molecule has 0 spiro atoms. The first-order chi connectivity index (χ1) is 19.9. The molecule has 0 bridgehead atoms. The fourth-order valence-corrected chi connectivity index (χ4v) is 6.16. The van der Waals surface area contributed by atoms with Crippen molar-refractivity contribution in [3.05, 3.63) is 85.4 Å². The highest BCUT2D eigenvalue weighted by Crippen LogP contribution is 2.41. The molecular formula is C29H20ClF3N4O4S. The van der Waals surface area contributed by atoms with E-state index in [4.69, 9.17) is 16.3 Å². The lowest BCUT2D eigenvalue weighted by Gasteiger charge is -2.16.